The summed E-state index contributed by atoms with van der Waals surface area (Å²) in [6.45, 7) is 0. The third-order valence-electron chi connectivity index (χ3n) is 6.30. The molecule has 0 spiro atoms. The molecule has 3 aromatic carbocycles. The number of hydrogen-bond acceptors (Lipinski definition) is 5. The Morgan fingerprint density at radius 2 is 1.71 bits per heavy atom. The highest BCUT2D eigenvalue weighted by molar-refractivity contribution is 9.10. The fraction of sp³-hybridized carbons (Fsp3) is 0.259. The lowest BCUT2D eigenvalue weighted by Crippen LogP contribution is -2.21. The van der Waals surface area contributed by atoms with Crippen LogP contribution in [0.3, 0.4) is 0 Å². The van der Waals surface area contributed by atoms with Crippen LogP contribution in [-0.2, 0) is 16.0 Å². The lowest BCUT2D eigenvalue weighted by atomic mass is 9.95. The second kappa shape index (κ2) is 10.3. The predicted molar refractivity (Wildman–Crippen MR) is 140 cm³/mol. The molecule has 5 rings (SSSR count). The highest BCUT2D eigenvalue weighted by Crippen LogP contribution is 2.44. The Morgan fingerprint density at radius 1 is 1.00 bits per heavy atom. The maximum atomic E-state index is 12.8. The third kappa shape index (κ3) is 5.33. The number of ketones is 1. The maximum absolute atomic E-state index is 12.8. The summed E-state index contributed by atoms with van der Waals surface area (Å²) in [5.74, 6) is -1.09. The summed E-state index contributed by atoms with van der Waals surface area (Å²) in [4.78, 5) is 24.5. The van der Waals surface area contributed by atoms with Crippen LogP contribution >= 0.6 is 27.7 Å². The molecule has 0 saturated heterocycles. The number of carboxylic acids is 1. The second-order valence-corrected chi connectivity index (χ2v) is 10.5. The fourth-order valence-corrected chi connectivity index (χ4v) is 5.80. The highest BCUT2D eigenvalue weighted by Gasteiger charge is 2.27. The van der Waals surface area contributed by atoms with Gasteiger partial charge in [-0.15, -0.1) is 10.2 Å². The van der Waals surface area contributed by atoms with Gasteiger partial charge in [-0.25, -0.2) is 0 Å². The molecule has 35 heavy (non-hydrogen) atoms. The van der Waals surface area contributed by atoms with Gasteiger partial charge in [0.2, 0.25) is 4.73 Å². The number of aliphatic carboxylic acids is 1. The molecule has 178 valence electrons. The largest absolute Gasteiger partial charge is 0.481 e. The van der Waals surface area contributed by atoms with E-state index < -0.39 is 11.9 Å². The van der Waals surface area contributed by atoms with E-state index in [1.165, 1.54) is 35.6 Å². The third-order valence-corrected chi connectivity index (χ3v) is 7.80. The molecule has 0 amide bonds. The van der Waals surface area contributed by atoms with Gasteiger partial charge in [0, 0.05) is 11.8 Å². The van der Waals surface area contributed by atoms with E-state index in [9.17, 15) is 14.7 Å². The first-order valence-electron chi connectivity index (χ1n) is 11.6. The van der Waals surface area contributed by atoms with Crippen molar-refractivity contribution >= 4 is 50.2 Å². The number of nitrogens with zero attached hydrogens (tertiary/aromatic N) is 3. The quantitative estimate of drug-likeness (QED) is 0.242. The van der Waals surface area contributed by atoms with Crippen molar-refractivity contribution in [1.82, 2.24) is 14.8 Å². The second-order valence-electron chi connectivity index (χ2n) is 8.84. The number of fused-ring (bicyclic) bond motifs is 1. The number of carbonyl (C=O) groups excluding carboxylic acids is 1. The smallest absolute Gasteiger partial charge is 0.307 e. The van der Waals surface area contributed by atoms with Gasteiger partial charge in [0.1, 0.15) is 5.78 Å². The summed E-state index contributed by atoms with van der Waals surface area (Å²) < 4.78 is 2.47. The number of aromatic nitrogens is 3. The van der Waals surface area contributed by atoms with Gasteiger partial charge in [-0.1, -0.05) is 72.4 Å². The van der Waals surface area contributed by atoms with E-state index in [0.717, 1.165) is 16.6 Å². The van der Waals surface area contributed by atoms with E-state index in [1.54, 1.807) is 0 Å². The number of thioether (sulfide) groups is 1. The number of hydrogen-bond donors (Lipinski definition) is 1. The first-order chi connectivity index (χ1) is 17.0. The van der Waals surface area contributed by atoms with E-state index in [4.69, 9.17) is 0 Å². The van der Waals surface area contributed by atoms with Gasteiger partial charge in [0.15, 0.2) is 5.16 Å². The van der Waals surface area contributed by atoms with Crippen molar-refractivity contribution in [2.24, 2.45) is 5.92 Å². The van der Waals surface area contributed by atoms with Crippen LogP contribution in [0.1, 0.15) is 36.3 Å². The zero-order chi connectivity index (χ0) is 24.4. The van der Waals surface area contributed by atoms with Crippen molar-refractivity contribution in [2.45, 2.75) is 36.8 Å². The summed E-state index contributed by atoms with van der Waals surface area (Å²) >= 11 is 4.80. The lowest BCUT2D eigenvalue weighted by molar-refractivity contribution is -0.143. The molecule has 6 nitrogen and oxygen atoms in total. The van der Waals surface area contributed by atoms with Gasteiger partial charge in [-0.3, -0.25) is 14.2 Å². The Labute approximate surface area is 215 Å². The molecule has 8 heteroatoms. The molecule has 1 aliphatic carbocycles. The Bertz CT molecular complexity index is 1390. The minimum absolute atomic E-state index is 0.0223. The van der Waals surface area contributed by atoms with Crippen LogP contribution in [0.15, 0.2) is 76.6 Å². The average molecular weight is 550 g/mol. The summed E-state index contributed by atoms with van der Waals surface area (Å²) in [5, 5.41) is 21.0. The van der Waals surface area contributed by atoms with Gasteiger partial charge in [0.05, 0.1) is 17.4 Å². The minimum Gasteiger partial charge on any atom is -0.481 e. The monoisotopic (exact) mass is 549 g/mol. The topological polar surface area (TPSA) is 85.1 Å². The lowest BCUT2D eigenvalue weighted by Gasteiger charge is -2.14. The van der Waals surface area contributed by atoms with E-state index >= 15 is 0 Å². The number of carbonyl (C=O) groups is 2. The number of benzene rings is 3. The zero-order valence-electron chi connectivity index (χ0n) is 18.9. The first kappa shape index (κ1) is 23.8. The van der Waals surface area contributed by atoms with E-state index in [1.807, 2.05) is 41.0 Å². The summed E-state index contributed by atoms with van der Waals surface area (Å²) in [5.41, 5.74) is 3.23. The van der Waals surface area contributed by atoms with Crippen LogP contribution in [-0.4, -0.2) is 37.4 Å². The SMILES string of the molecule is O=C(CSc1nnc(Br)n1-c1ccc(C2CC2)c2ccccc12)CC(Cc1ccccc1)C(=O)O. The molecule has 1 saturated carbocycles. The number of rotatable bonds is 10. The minimum atomic E-state index is -0.958. The summed E-state index contributed by atoms with van der Waals surface area (Å²) in [6, 6.07) is 22.0. The molecule has 1 atom stereocenters. The average Bonchev–Trinajstić information content (AvgIpc) is 3.64. The van der Waals surface area contributed by atoms with E-state index in [0.29, 0.717) is 22.2 Å². The van der Waals surface area contributed by atoms with Crippen LogP contribution in [0.5, 0.6) is 0 Å². The Kier molecular flexibility index (Phi) is 7.02. The van der Waals surface area contributed by atoms with Crippen molar-refractivity contribution < 1.29 is 14.7 Å². The molecular formula is C27H24BrN3O3S. The predicted octanol–water partition coefficient (Wildman–Crippen LogP) is 6.06. The van der Waals surface area contributed by atoms with Crippen molar-refractivity contribution in [3.8, 4) is 5.69 Å². The van der Waals surface area contributed by atoms with Gasteiger partial charge >= 0.3 is 5.97 Å². The number of halogens is 1. The number of Topliss-reactive ketones (excluding diaryl/α,β-unsaturated/α-hetero) is 1. The molecular weight excluding hydrogens is 526 g/mol. The highest BCUT2D eigenvalue weighted by atomic mass is 79.9. The molecule has 1 aromatic heterocycles. The molecule has 0 bridgehead atoms. The molecule has 1 aliphatic rings. The molecule has 1 heterocycles. The van der Waals surface area contributed by atoms with Crippen molar-refractivity contribution in [3.05, 3.63) is 82.6 Å². The van der Waals surface area contributed by atoms with E-state index in [-0.39, 0.29) is 18.0 Å². The zero-order valence-corrected chi connectivity index (χ0v) is 21.3. The summed E-state index contributed by atoms with van der Waals surface area (Å²) in [6.07, 6.45) is 2.76. The Hall–Kier alpha value is -2.97. The number of carboxylic acid groups (broad SMARTS) is 1. The van der Waals surface area contributed by atoms with Crippen LogP contribution in [0.4, 0.5) is 0 Å². The summed E-state index contributed by atoms with van der Waals surface area (Å²) in [7, 11) is 0. The molecule has 1 N–H and O–H groups in total. The van der Waals surface area contributed by atoms with Crippen LogP contribution < -0.4 is 0 Å². The van der Waals surface area contributed by atoms with Gasteiger partial charge in [0.25, 0.3) is 0 Å². The van der Waals surface area contributed by atoms with Crippen molar-refractivity contribution in [3.63, 3.8) is 0 Å². The molecule has 0 radical (unpaired) electrons. The fourth-order valence-electron chi connectivity index (χ4n) is 4.42. The Morgan fingerprint density at radius 3 is 2.43 bits per heavy atom. The molecule has 0 aliphatic heterocycles. The van der Waals surface area contributed by atoms with Gasteiger partial charge in [-0.2, -0.15) is 0 Å². The Balaban J connectivity index is 1.34. The molecule has 1 fully saturated rings. The maximum Gasteiger partial charge on any atom is 0.307 e. The van der Waals surface area contributed by atoms with Crippen molar-refractivity contribution in [2.75, 3.05) is 5.75 Å². The van der Waals surface area contributed by atoms with Crippen LogP contribution in [0.2, 0.25) is 0 Å². The standard InChI is InChI=1S/C27H24BrN3O3S/c28-26-29-30-27(35-16-20(32)15-19(25(33)34)14-17-6-2-1-3-7-17)31(26)24-13-12-21(18-10-11-18)22-8-4-5-9-23(22)24/h1-9,12-13,18-19H,10-11,14-16H2,(H,33,34). The normalized spacial score (nSPS) is 14.2. The first-order valence-corrected chi connectivity index (χ1v) is 13.3. The van der Waals surface area contributed by atoms with Gasteiger partial charge < -0.3 is 5.11 Å². The van der Waals surface area contributed by atoms with Gasteiger partial charge in [-0.05, 0) is 63.7 Å². The molecule has 4 aromatic rings. The molecule has 1 unspecified atom stereocenters. The van der Waals surface area contributed by atoms with Crippen molar-refractivity contribution in [1.29, 1.82) is 0 Å². The van der Waals surface area contributed by atoms with Crippen LogP contribution in [0, 0.1) is 5.92 Å². The van der Waals surface area contributed by atoms with E-state index in [2.05, 4.69) is 56.5 Å². The van der Waals surface area contributed by atoms with Crippen LogP contribution in [0.25, 0.3) is 16.5 Å².